The first-order valence-electron chi connectivity index (χ1n) is 9.14. The Balaban J connectivity index is 1.89. The SMILES string of the molecule is CCc1ccc2c(ccc3n4c(ccc5cc(N(C)C)ccc54)c[n+]23)c1. The predicted molar refractivity (Wildman–Crippen MR) is 109 cm³/mol. The van der Waals surface area contributed by atoms with E-state index in [-0.39, 0.29) is 0 Å². The van der Waals surface area contributed by atoms with Gasteiger partial charge in [0.1, 0.15) is 17.2 Å². The Bertz CT molecular complexity index is 1300. The summed E-state index contributed by atoms with van der Waals surface area (Å²) >= 11 is 0. The van der Waals surface area contributed by atoms with E-state index >= 15 is 0 Å². The maximum Gasteiger partial charge on any atom is 0.292 e. The third-order valence-electron chi connectivity index (χ3n) is 5.37. The lowest BCUT2D eigenvalue weighted by Crippen LogP contribution is -2.19. The van der Waals surface area contributed by atoms with Crippen molar-refractivity contribution in [2.24, 2.45) is 0 Å². The van der Waals surface area contributed by atoms with Gasteiger partial charge in [0.2, 0.25) is 0 Å². The van der Waals surface area contributed by atoms with Gasteiger partial charge in [0.25, 0.3) is 5.65 Å². The average Bonchev–Trinajstić information content (AvgIpc) is 3.06. The minimum absolute atomic E-state index is 1.06. The highest BCUT2D eigenvalue weighted by Crippen LogP contribution is 2.25. The lowest BCUT2D eigenvalue weighted by Gasteiger charge is -2.12. The summed E-state index contributed by atoms with van der Waals surface area (Å²) < 4.78 is 4.66. The van der Waals surface area contributed by atoms with Gasteiger partial charge in [-0.2, -0.15) is 8.80 Å². The topological polar surface area (TPSA) is 11.8 Å². The highest BCUT2D eigenvalue weighted by atomic mass is 15.1. The first-order chi connectivity index (χ1) is 12.7. The van der Waals surface area contributed by atoms with E-state index in [0.717, 1.165) is 6.42 Å². The summed E-state index contributed by atoms with van der Waals surface area (Å²) in [5.41, 5.74) is 7.49. The molecule has 26 heavy (non-hydrogen) atoms. The van der Waals surface area contributed by atoms with Crippen LogP contribution in [0.5, 0.6) is 0 Å². The molecule has 0 aliphatic carbocycles. The summed E-state index contributed by atoms with van der Waals surface area (Å²) in [4.78, 5) is 2.14. The van der Waals surface area contributed by atoms with Gasteiger partial charge in [-0.25, -0.2) is 0 Å². The molecule has 0 radical (unpaired) electrons. The van der Waals surface area contributed by atoms with Crippen molar-refractivity contribution in [1.29, 1.82) is 0 Å². The second-order valence-corrected chi connectivity index (χ2v) is 7.17. The van der Waals surface area contributed by atoms with E-state index in [0.29, 0.717) is 0 Å². The van der Waals surface area contributed by atoms with Crippen LogP contribution in [-0.2, 0) is 6.42 Å². The van der Waals surface area contributed by atoms with Gasteiger partial charge >= 0.3 is 0 Å². The number of imidazole rings is 1. The second kappa shape index (κ2) is 5.46. The maximum atomic E-state index is 2.35. The van der Waals surface area contributed by atoms with Crippen LogP contribution < -0.4 is 9.30 Å². The first kappa shape index (κ1) is 15.2. The van der Waals surface area contributed by atoms with Crippen molar-refractivity contribution in [2.75, 3.05) is 19.0 Å². The van der Waals surface area contributed by atoms with Crippen molar-refractivity contribution < 1.29 is 4.40 Å². The van der Waals surface area contributed by atoms with Crippen molar-refractivity contribution in [3.8, 4) is 0 Å². The van der Waals surface area contributed by atoms with E-state index in [1.165, 1.54) is 44.2 Å². The molecule has 0 unspecified atom stereocenters. The zero-order valence-corrected chi connectivity index (χ0v) is 15.4. The number of aryl methyl sites for hydroxylation is 1. The van der Waals surface area contributed by atoms with Crippen LogP contribution >= 0.6 is 0 Å². The summed E-state index contributed by atoms with van der Waals surface area (Å²) in [5.74, 6) is 0. The summed E-state index contributed by atoms with van der Waals surface area (Å²) in [6.45, 7) is 2.20. The molecule has 3 aromatic heterocycles. The van der Waals surface area contributed by atoms with Crippen LogP contribution in [0, 0.1) is 0 Å². The second-order valence-electron chi connectivity index (χ2n) is 7.17. The van der Waals surface area contributed by atoms with E-state index in [2.05, 4.69) is 102 Å². The van der Waals surface area contributed by atoms with E-state index in [1.54, 1.807) is 0 Å². The molecule has 5 rings (SSSR count). The fourth-order valence-electron chi connectivity index (χ4n) is 3.90. The van der Waals surface area contributed by atoms with Crippen LogP contribution in [0.2, 0.25) is 0 Å². The Morgan fingerprint density at radius 3 is 2.54 bits per heavy atom. The Hall–Kier alpha value is -3.07. The van der Waals surface area contributed by atoms with Gasteiger partial charge in [0, 0.05) is 36.6 Å². The van der Waals surface area contributed by atoms with Gasteiger partial charge in [-0.1, -0.05) is 13.0 Å². The Labute approximate surface area is 152 Å². The monoisotopic (exact) mass is 340 g/mol. The fourth-order valence-corrected chi connectivity index (χ4v) is 3.90. The van der Waals surface area contributed by atoms with Crippen LogP contribution in [0.1, 0.15) is 12.5 Å². The summed E-state index contributed by atoms with van der Waals surface area (Å²) in [5, 5.41) is 2.54. The third-order valence-corrected chi connectivity index (χ3v) is 5.37. The molecule has 0 fully saturated rings. The van der Waals surface area contributed by atoms with Crippen molar-refractivity contribution >= 4 is 38.7 Å². The fraction of sp³-hybridized carbons (Fsp3) is 0.174. The van der Waals surface area contributed by atoms with E-state index in [9.17, 15) is 0 Å². The van der Waals surface area contributed by atoms with Gasteiger partial charge in [-0.05, 0) is 60.5 Å². The predicted octanol–water partition coefficient (Wildman–Crippen LogP) is 4.61. The van der Waals surface area contributed by atoms with E-state index < -0.39 is 0 Å². The van der Waals surface area contributed by atoms with Gasteiger partial charge in [0.05, 0.1) is 0 Å². The standard InChI is InChI=1S/C23H22N3/c1-4-16-5-10-21-17(13-16)7-12-23-25(21)15-20-8-6-18-14-19(24(2)3)9-11-22(18)26(20)23/h5-15H,4H2,1-3H3/q+1. The molecule has 0 saturated heterocycles. The molecule has 2 aromatic carbocycles. The number of hydrogen-bond acceptors (Lipinski definition) is 1. The summed E-state index contributed by atoms with van der Waals surface area (Å²) in [6, 6.07) is 22.3. The Kier molecular flexibility index (Phi) is 3.20. The molecule has 0 atom stereocenters. The van der Waals surface area contributed by atoms with Gasteiger partial charge in [-0.3, -0.25) is 0 Å². The number of pyridine rings is 2. The molecule has 5 aromatic rings. The largest absolute Gasteiger partial charge is 0.378 e. The number of aromatic nitrogens is 2. The lowest BCUT2D eigenvalue weighted by atomic mass is 10.1. The van der Waals surface area contributed by atoms with Crippen LogP contribution in [0.15, 0.2) is 66.9 Å². The summed E-state index contributed by atoms with van der Waals surface area (Å²) in [6.07, 6.45) is 3.30. The van der Waals surface area contributed by atoms with Crippen LogP contribution in [-0.4, -0.2) is 18.5 Å². The molecule has 0 N–H and O–H groups in total. The number of rotatable bonds is 2. The van der Waals surface area contributed by atoms with Crippen molar-refractivity contribution in [2.45, 2.75) is 13.3 Å². The number of nitrogens with zero attached hydrogens (tertiary/aromatic N) is 3. The molecule has 0 saturated carbocycles. The lowest BCUT2D eigenvalue weighted by molar-refractivity contribution is -0.479. The zero-order valence-electron chi connectivity index (χ0n) is 15.4. The van der Waals surface area contributed by atoms with E-state index in [4.69, 9.17) is 0 Å². The molecule has 0 aliphatic heterocycles. The molecule has 0 amide bonds. The Morgan fingerprint density at radius 2 is 1.73 bits per heavy atom. The molecular formula is C23H22N3+. The zero-order chi connectivity index (χ0) is 17.8. The van der Waals surface area contributed by atoms with Gasteiger partial charge in [-0.15, -0.1) is 0 Å². The maximum absolute atomic E-state index is 2.35. The van der Waals surface area contributed by atoms with Crippen molar-refractivity contribution in [1.82, 2.24) is 4.40 Å². The molecule has 0 bridgehead atoms. The number of anilines is 1. The minimum atomic E-state index is 1.06. The van der Waals surface area contributed by atoms with Gasteiger partial charge < -0.3 is 4.90 Å². The molecule has 0 aliphatic rings. The minimum Gasteiger partial charge on any atom is -0.378 e. The van der Waals surface area contributed by atoms with Crippen molar-refractivity contribution in [3.63, 3.8) is 0 Å². The highest BCUT2D eigenvalue weighted by molar-refractivity contribution is 5.88. The number of benzene rings is 2. The van der Waals surface area contributed by atoms with Crippen molar-refractivity contribution in [3.05, 3.63) is 72.4 Å². The van der Waals surface area contributed by atoms with E-state index in [1.807, 2.05) is 0 Å². The smallest absolute Gasteiger partial charge is 0.292 e. The average molecular weight is 340 g/mol. The quantitative estimate of drug-likeness (QED) is 0.427. The molecule has 3 heteroatoms. The first-order valence-corrected chi connectivity index (χ1v) is 9.14. The van der Waals surface area contributed by atoms with Crippen LogP contribution in [0.4, 0.5) is 5.69 Å². The third kappa shape index (κ3) is 2.10. The normalized spacial score (nSPS) is 11.8. The summed E-state index contributed by atoms with van der Waals surface area (Å²) in [7, 11) is 4.16. The van der Waals surface area contributed by atoms with Crippen LogP contribution in [0.3, 0.4) is 0 Å². The molecule has 3 nitrogen and oxygen atoms in total. The van der Waals surface area contributed by atoms with Gasteiger partial charge in [0.15, 0.2) is 5.52 Å². The molecule has 0 spiro atoms. The molecular weight excluding hydrogens is 318 g/mol. The molecule has 128 valence electrons. The number of fused-ring (bicyclic) bond motifs is 7. The highest BCUT2D eigenvalue weighted by Gasteiger charge is 2.17. The number of hydrogen-bond donors (Lipinski definition) is 0. The molecule has 3 heterocycles. The Morgan fingerprint density at radius 1 is 0.885 bits per heavy atom. The van der Waals surface area contributed by atoms with Crippen LogP contribution in [0.25, 0.3) is 33.0 Å².